The second kappa shape index (κ2) is 10.2. The van der Waals surface area contributed by atoms with Crippen molar-refractivity contribution in [3.63, 3.8) is 0 Å². The van der Waals surface area contributed by atoms with Crippen molar-refractivity contribution >= 4 is 16.9 Å². The second-order valence-corrected chi connectivity index (χ2v) is 7.63. The number of ether oxygens (including phenoxy) is 1. The molecule has 0 aromatic heterocycles. The fourth-order valence-corrected chi connectivity index (χ4v) is 3.55. The van der Waals surface area contributed by atoms with Gasteiger partial charge in [0.1, 0.15) is 0 Å². The lowest BCUT2D eigenvalue weighted by atomic mass is 9.83. The zero-order chi connectivity index (χ0) is 22.4. The summed E-state index contributed by atoms with van der Waals surface area (Å²) in [4.78, 5) is 11.9. The number of carbonyl (C=O) groups excluding carboxylic acids is 1. The van der Waals surface area contributed by atoms with E-state index in [1.165, 1.54) is 18.7 Å². The third-order valence-corrected chi connectivity index (χ3v) is 5.19. The van der Waals surface area contributed by atoms with E-state index in [1.54, 1.807) is 25.1 Å². The Balaban J connectivity index is 2.71. The Bertz CT molecular complexity index is 1010. The third-order valence-electron chi connectivity index (χ3n) is 5.19. The maximum Gasteiger partial charge on any atom is 0.165 e. The average Bonchev–Trinajstić information content (AvgIpc) is 2.72. The van der Waals surface area contributed by atoms with Gasteiger partial charge in [-0.1, -0.05) is 57.7 Å². The molecule has 2 nitrogen and oxygen atoms in total. The van der Waals surface area contributed by atoms with E-state index in [9.17, 15) is 9.18 Å². The molecule has 0 radical (unpaired) electrons. The number of allylic oxidation sites excluding steroid dienone is 4. The van der Waals surface area contributed by atoms with Crippen LogP contribution in [0, 0.1) is 11.7 Å². The Morgan fingerprint density at radius 1 is 1.17 bits per heavy atom. The van der Waals surface area contributed by atoms with E-state index in [0.717, 1.165) is 39.8 Å². The van der Waals surface area contributed by atoms with Gasteiger partial charge in [0, 0.05) is 0 Å². The maximum atomic E-state index is 13.9. The van der Waals surface area contributed by atoms with Crippen LogP contribution in [0.3, 0.4) is 0 Å². The Labute approximate surface area is 179 Å². The van der Waals surface area contributed by atoms with Crippen molar-refractivity contribution in [3.05, 3.63) is 88.8 Å². The monoisotopic (exact) mass is 406 g/mol. The van der Waals surface area contributed by atoms with E-state index in [1.807, 2.05) is 13.0 Å². The van der Waals surface area contributed by atoms with E-state index in [0.29, 0.717) is 0 Å². The average molecular weight is 407 g/mol. The molecule has 0 saturated heterocycles. The first-order valence-corrected chi connectivity index (χ1v) is 10.3. The zero-order valence-corrected chi connectivity index (χ0v) is 18.8. The summed E-state index contributed by atoms with van der Waals surface area (Å²) in [6, 6.07) is 11.1. The highest BCUT2D eigenvalue weighted by molar-refractivity contribution is 5.96. The summed E-state index contributed by atoms with van der Waals surface area (Å²) in [5.74, 6) is -0.0204. The van der Waals surface area contributed by atoms with Gasteiger partial charge in [0.2, 0.25) is 0 Å². The Morgan fingerprint density at radius 2 is 1.87 bits per heavy atom. The molecule has 0 heterocycles. The van der Waals surface area contributed by atoms with Crippen molar-refractivity contribution in [2.75, 3.05) is 7.11 Å². The largest absolute Gasteiger partial charge is 0.494 e. The van der Waals surface area contributed by atoms with Gasteiger partial charge in [-0.2, -0.15) is 0 Å². The molecule has 0 aliphatic rings. The standard InChI is InChI=1S/C27H31FO2/c1-8-20-10-12-23(19(6)21-11-13-26(28)27(16-21)30-7)25(15-20)22(9-2)24(17(3)4)14-18(5)29/h9-17H,6,8H2,1-5,7H3/b22-9+,24-14-. The number of rotatable bonds is 8. The molecule has 0 atom stereocenters. The van der Waals surface area contributed by atoms with Crippen molar-refractivity contribution in [3.8, 4) is 5.75 Å². The first kappa shape index (κ1) is 23.3. The van der Waals surface area contributed by atoms with Crippen molar-refractivity contribution in [2.45, 2.75) is 41.0 Å². The van der Waals surface area contributed by atoms with Gasteiger partial charge in [-0.05, 0) is 83.4 Å². The van der Waals surface area contributed by atoms with Crippen molar-refractivity contribution in [1.82, 2.24) is 0 Å². The molecule has 0 N–H and O–H groups in total. The van der Waals surface area contributed by atoms with Crippen LogP contribution in [0.5, 0.6) is 5.75 Å². The fourth-order valence-electron chi connectivity index (χ4n) is 3.55. The molecule has 0 saturated carbocycles. The molecule has 0 unspecified atom stereocenters. The SMILES string of the molecule is C=C(c1ccc(F)c(OC)c1)c1ccc(CC)cc1C(=C/C)/C(=C\C(C)=O)C(C)C. The highest BCUT2D eigenvalue weighted by Crippen LogP contribution is 2.37. The highest BCUT2D eigenvalue weighted by Gasteiger charge is 2.18. The zero-order valence-electron chi connectivity index (χ0n) is 18.8. The predicted octanol–water partition coefficient (Wildman–Crippen LogP) is 7.03. The van der Waals surface area contributed by atoms with Crippen molar-refractivity contribution in [1.29, 1.82) is 0 Å². The van der Waals surface area contributed by atoms with Gasteiger partial charge in [-0.15, -0.1) is 0 Å². The number of halogens is 1. The molecular weight excluding hydrogens is 375 g/mol. The third kappa shape index (κ3) is 5.15. The van der Waals surface area contributed by atoms with Gasteiger partial charge in [-0.25, -0.2) is 4.39 Å². The topological polar surface area (TPSA) is 26.3 Å². The molecule has 3 heteroatoms. The van der Waals surface area contributed by atoms with Crippen LogP contribution in [0.15, 0.2) is 60.7 Å². The lowest BCUT2D eigenvalue weighted by molar-refractivity contribution is -0.112. The van der Waals surface area contributed by atoms with Crippen molar-refractivity contribution < 1.29 is 13.9 Å². The molecule has 2 aromatic carbocycles. The molecule has 0 spiro atoms. The molecule has 0 fully saturated rings. The number of methoxy groups -OCH3 is 1. The van der Waals surface area contributed by atoms with Crippen LogP contribution in [-0.4, -0.2) is 12.9 Å². The first-order chi connectivity index (χ1) is 14.2. The van der Waals surface area contributed by atoms with Gasteiger partial charge >= 0.3 is 0 Å². The first-order valence-electron chi connectivity index (χ1n) is 10.3. The maximum absolute atomic E-state index is 13.9. The molecule has 2 rings (SSSR count). The summed E-state index contributed by atoms with van der Waals surface area (Å²) >= 11 is 0. The summed E-state index contributed by atoms with van der Waals surface area (Å²) in [5, 5.41) is 0. The minimum atomic E-state index is -0.406. The number of benzene rings is 2. The summed E-state index contributed by atoms with van der Waals surface area (Å²) in [6.07, 6.45) is 4.66. The smallest absolute Gasteiger partial charge is 0.165 e. The van der Waals surface area contributed by atoms with Crippen LogP contribution in [0.25, 0.3) is 11.1 Å². The summed E-state index contributed by atoms with van der Waals surface area (Å²) < 4.78 is 19.1. The predicted molar refractivity (Wildman–Crippen MR) is 124 cm³/mol. The molecule has 0 aliphatic carbocycles. The molecule has 0 bridgehead atoms. The van der Waals surface area contributed by atoms with Gasteiger partial charge in [0.25, 0.3) is 0 Å². The van der Waals surface area contributed by atoms with E-state index < -0.39 is 5.82 Å². The molecule has 0 amide bonds. The quantitative estimate of drug-likeness (QED) is 0.347. The normalized spacial score (nSPS) is 12.3. The Kier molecular flexibility index (Phi) is 7.93. The number of carbonyl (C=O) groups is 1. The van der Waals surface area contributed by atoms with Gasteiger partial charge < -0.3 is 4.74 Å². The van der Waals surface area contributed by atoms with E-state index in [-0.39, 0.29) is 17.5 Å². The van der Waals surface area contributed by atoms with Crippen LogP contribution >= 0.6 is 0 Å². The summed E-state index contributed by atoms with van der Waals surface area (Å²) in [6.45, 7) is 14.1. The van der Waals surface area contributed by atoms with Crippen molar-refractivity contribution in [2.24, 2.45) is 5.92 Å². The molecule has 2 aromatic rings. The number of ketones is 1. The Hall–Kier alpha value is -2.94. The molecule has 30 heavy (non-hydrogen) atoms. The lowest BCUT2D eigenvalue weighted by Gasteiger charge is -2.21. The van der Waals surface area contributed by atoms with E-state index in [4.69, 9.17) is 4.74 Å². The molecule has 158 valence electrons. The number of hydrogen-bond donors (Lipinski definition) is 0. The van der Waals surface area contributed by atoms with Crippen LogP contribution in [0.2, 0.25) is 0 Å². The van der Waals surface area contributed by atoms with Gasteiger partial charge in [-0.3, -0.25) is 4.79 Å². The van der Waals surface area contributed by atoms with E-state index >= 15 is 0 Å². The van der Waals surface area contributed by atoms with Crippen LogP contribution in [0.1, 0.15) is 56.9 Å². The minimum absolute atomic E-state index is 0.0216. The van der Waals surface area contributed by atoms with Crippen LogP contribution in [0.4, 0.5) is 4.39 Å². The van der Waals surface area contributed by atoms with Gasteiger partial charge in [0.15, 0.2) is 17.3 Å². The Morgan fingerprint density at radius 3 is 2.40 bits per heavy atom. The fraction of sp³-hybridized carbons (Fsp3) is 0.296. The number of hydrogen-bond acceptors (Lipinski definition) is 2. The van der Waals surface area contributed by atoms with Crippen LogP contribution in [-0.2, 0) is 11.2 Å². The molecular formula is C27H31FO2. The number of aryl methyl sites for hydroxylation is 1. The highest BCUT2D eigenvalue weighted by atomic mass is 19.1. The second-order valence-electron chi connectivity index (χ2n) is 7.63. The molecule has 0 aliphatic heterocycles. The summed E-state index contributed by atoms with van der Waals surface area (Å²) in [5.41, 5.74) is 6.73. The lowest BCUT2D eigenvalue weighted by Crippen LogP contribution is -2.04. The van der Waals surface area contributed by atoms with E-state index in [2.05, 4.69) is 45.5 Å². The minimum Gasteiger partial charge on any atom is -0.494 e. The summed E-state index contributed by atoms with van der Waals surface area (Å²) in [7, 11) is 1.45. The van der Waals surface area contributed by atoms with Gasteiger partial charge in [0.05, 0.1) is 7.11 Å². The van der Waals surface area contributed by atoms with Crippen LogP contribution < -0.4 is 4.74 Å².